The summed E-state index contributed by atoms with van der Waals surface area (Å²) in [4.78, 5) is 15.1. The molecule has 0 aliphatic heterocycles. The van der Waals surface area contributed by atoms with E-state index < -0.39 is 17.3 Å². The molecular weight excluding hydrogens is 230 g/mol. The van der Waals surface area contributed by atoms with Crippen molar-refractivity contribution in [1.82, 2.24) is 9.38 Å². The molecule has 1 amide bonds. The van der Waals surface area contributed by atoms with Crippen molar-refractivity contribution in [3.63, 3.8) is 0 Å². The van der Waals surface area contributed by atoms with Crippen LogP contribution in [0.5, 0.6) is 0 Å². The van der Waals surface area contributed by atoms with Crippen molar-refractivity contribution < 1.29 is 14.5 Å². The first kappa shape index (κ1) is 10.8. The van der Waals surface area contributed by atoms with Crippen LogP contribution in [-0.2, 0) is 11.2 Å². The topological polar surface area (TPSA) is 89.7 Å². The standard InChI is InChI=1S/C9H9N3O3S/c1-16(15)6-2-3-8-10-7(11-9(13)14)5-12(8)4-6/h2-5,11H,1H3,(H,13,14). The first-order valence-electron chi connectivity index (χ1n) is 4.38. The van der Waals surface area contributed by atoms with E-state index in [-0.39, 0.29) is 5.82 Å². The number of amides is 1. The number of rotatable bonds is 2. The first-order chi connectivity index (χ1) is 7.56. The van der Waals surface area contributed by atoms with Crippen LogP contribution in [0, 0.1) is 0 Å². The summed E-state index contributed by atoms with van der Waals surface area (Å²) >= 11 is -1.07. The number of anilines is 1. The van der Waals surface area contributed by atoms with Crippen molar-refractivity contribution in [3.05, 3.63) is 24.5 Å². The van der Waals surface area contributed by atoms with E-state index >= 15 is 0 Å². The highest BCUT2D eigenvalue weighted by molar-refractivity contribution is 7.90. The minimum absolute atomic E-state index is 0.242. The van der Waals surface area contributed by atoms with Crippen molar-refractivity contribution in [2.45, 2.75) is 4.90 Å². The number of carboxylic acid groups (broad SMARTS) is 1. The van der Waals surface area contributed by atoms with Crippen molar-refractivity contribution >= 4 is 28.7 Å². The van der Waals surface area contributed by atoms with Crippen LogP contribution in [0.15, 0.2) is 29.4 Å². The minimum Gasteiger partial charge on any atom is -0.612 e. The highest BCUT2D eigenvalue weighted by Gasteiger charge is 2.08. The van der Waals surface area contributed by atoms with Crippen LogP contribution in [-0.4, -0.2) is 31.4 Å². The van der Waals surface area contributed by atoms with E-state index in [0.29, 0.717) is 10.5 Å². The number of aromatic nitrogens is 2. The van der Waals surface area contributed by atoms with Gasteiger partial charge in [-0.2, -0.15) is 0 Å². The molecule has 0 radical (unpaired) electrons. The number of pyridine rings is 1. The summed E-state index contributed by atoms with van der Waals surface area (Å²) in [7, 11) is 0. The Hall–Kier alpha value is -1.73. The molecule has 2 aromatic heterocycles. The fourth-order valence-electron chi connectivity index (χ4n) is 1.31. The van der Waals surface area contributed by atoms with Crippen molar-refractivity contribution in [1.29, 1.82) is 0 Å². The van der Waals surface area contributed by atoms with Gasteiger partial charge in [-0.1, -0.05) is 0 Å². The summed E-state index contributed by atoms with van der Waals surface area (Å²) in [6, 6.07) is 3.38. The van der Waals surface area contributed by atoms with Gasteiger partial charge in [0.25, 0.3) is 0 Å². The second kappa shape index (κ2) is 4.03. The molecule has 1 unspecified atom stereocenters. The normalized spacial score (nSPS) is 12.6. The summed E-state index contributed by atoms with van der Waals surface area (Å²) in [5, 5.41) is 10.7. The first-order valence-corrected chi connectivity index (χ1v) is 5.94. The predicted octanol–water partition coefficient (Wildman–Crippen LogP) is 1.16. The highest BCUT2D eigenvalue weighted by atomic mass is 32.2. The molecule has 16 heavy (non-hydrogen) atoms. The average molecular weight is 239 g/mol. The number of imidazole rings is 1. The van der Waals surface area contributed by atoms with E-state index in [2.05, 4.69) is 10.3 Å². The van der Waals surface area contributed by atoms with Crippen LogP contribution in [0.25, 0.3) is 5.65 Å². The van der Waals surface area contributed by atoms with Crippen LogP contribution < -0.4 is 5.32 Å². The van der Waals surface area contributed by atoms with Crippen molar-refractivity contribution in [2.24, 2.45) is 0 Å². The monoisotopic (exact) mass is 239 g/mol. The molecule has 7 heteroatoms. The molecule has 2 N–H and O–H groups in total. The number of hydrogen-bond donors (Lipinski definition) is 2. The molecule has 2 aromatic rings. The smallest absolute Gasteiger partial charge is 0.410 e. The second-order valence-electron chi connectivity index (χ2n) is 3.14. The van der Waals surface area contributed by atoms with Gasteiger partial charge in [-0.3, -0.25) is 9.72 Å². The van der Waals surface area contributed by atoms with Gasteiger partial charge >= 0.3 is 6.09 Å². The lowest BCUT2D eigenvalue weighted by atomic mass is 10.5. The zero-order valence-corrected chi connectivity index (χ0v) is 9.19. The number of fused-ring (bicyclic) bond motifs is 1. The van der Waals surface area contributed by atoms with E-state index in [1.54, 1.807) is 29.0 Å². The van der Waals surface area contributed by atoms with Gasteiger partial charge in [0.15, 0.2) is 10.7 Å². The molecule has 2 heterocycles. The maximum absolute atomic E-state index is 11.2. The van der Waals surface area contributed by atoms with E-state index in [1.165, 1.54) is 6.20 Å². The summed E-state index contributed by atoms with van der Waals surface area (Å²) in [6.45, 7) is 0. The highest BCUT2D eigenvalue weighted by Crippen LogP contribution is 2.14. The Kier molecular flexibility index (Phi) is 2.71. The van der Waals surface area contributed by atoms with Crippen LogP contribution in [0.4, 0.5) is 10.6 Å². The molecule has 6 nitrogen and oxygen atoms in total. The molecule has 0 saturated carbocycles. The van der Waals surface area contributed by atoms with Crippen LogP contribution in [0.1, 0.15) is 0 Å². The summed E-state index contributed by atoms with van der Waals surface area (Å²) in [5.74, 6) is 0.242. The fraction of sp³-hybridized carbons (Fsp3) is 0.111. The Morgan fingerprint density at radius 3 is 2.94 bits per heavy atom. The number of nitrogens with one attached hydrogen (secondary N) is 1. The Bertz CT molecular complexity index is 538. The largest absolute Gasteiger partial charge is 0.612 e. The molecule has 0 fully saturated rings. The molecule has 0 aromatic carbocycles. The number of carbonyl (C=O) groups is 1. The van der Waals surface area contributed by atoms with Gasteiger partial charge in [-0.25, -0.2) is 9.78 Å². The Balaban J connectivity index is 2.41. The minimum atomic E-state index is -1.16. The molecule has 0 spiro atoms. The lowest BCUT2D eigenvalue weighted by Gasteiger charge is -2.03. The van der Waals surface area contributed by atoms with E-state index in [1.807, 2.05) is 0 Å². The molecule has 0 saturated heterocycles. The molecule has 0 aliphatic carbocycles. The SMILES string of the molecule is C[S+]([O-])c1ccc2nc(NC(=O)O)cn2c1. The Morgan fingerprint density at radius 2 is 2.31 bits per heavy atom. The lowest BCUT2D eigenvalue weighted by Crippen LogP contribution is -2.06. The fourth-order valence-corrected chi connectivity index (χ4v) is 1.83. The number of hydrogen-bond acceptors (Lipinski definition) is 3. The summed E-state index contributed by atoms with van der Waals surface area (Å²) in [5.41, 5.74) is 0.595. The molecule has 2 rings (SSSR count). The predicted molar refractivity (Wildman–Crippen MR) is 59.2 cm³/mol. The van der Waals surface area contributed by atoms with Gasteiger partial charge < -0.3 is 9.66 Å². The Labute approximate surface area is 94.1 Å². The zero-order chi connectivity index (χ0) is 11.7. The van der Waals surface area contributed by atoms with Gasteiger partial charge in [0, 0.05) is 0 Å². The molecular formula is C9H9N3O3S. The van der Waals surface area contributed by atoms with Crippen molar-refractivity contribution in [2.75, 3.05) is 11.6 Å². The van der Waals surface area contributed by atoms with Gasteiger partial charge in [0.05, 0.1) is 12.4 Å². The van der Waals surface area contributed by atoms with E-state index in [4.69, 9.17) is 5.11 Å². The van der Waals surface area contributed by atoms with Gasteiger partial charge in [-0.15, -0.1) is 0 Å². The maximum Gasteiger partial charge on any atom is 0.410 e. The molecule has 84 valence electrons. The quantitative estimate of drug-likeness (QED) is 0.769. The van der Waals surface area contributed by atoms with E-state index in [0.717, 1.165) is 0 Å². The van der Waals surface area contributed by atoms with Crippen LogP contribution in [0.2, 0.25) is 0 Å². The van der Waals surface area contributed by atoms with Gasteiger partial charge in [-0.05, 0) is 23.3 Å². The average Bonchev–Trinajstić information content (AvgIpc) is 2.56. The van der Waals surface area contributed by atoms with E-state index in [9.17, 15) is 9.35 Å². The lowest BCUT2D eigenvalue weighted by molar-refractivity contribution is 0.209. The molecule has 0 aliphatic rings. The molecule has 1 atom stereocenters. The van der Waals surface area contributed by atoms with Gasteiger partial charge in [0.2, 0.25) is 0 Å². The van der Waals surface area contributed by atoms with Crippen LogP contribution >= 0.6 is 0 Å². The zero-order valence-electron chi connectivity index (χ0n) is 8.38. The number of nitrogens with zero attached hydrogens (tertiary/aromatic N) is 2. The van der Waals surface area contributed by atoms with Crippen molar-refractivity contribution in [3.8, 4) is 0 Å². The Morgan fingerprint density at radius 1 is 1.56 bits per heavy atom. The maximum atomic E-state index is 11.2. The third-order valence-electron chi connectivity index (χ3n) is 1.99. The second-order valence-corrected chi connectivity index (χ2v) is 4.52. The summed E-state index contributed by atoms with van der Waals surface area (Å²) < 4.78 is 12.9. The third-order valence-corrected chi connectivity index (χ3v) is 2.90. The summed E-state index contributed by atoms with van der Waals surface area (Å²) in [6.07, 6.45) is 3.60. The van der Waals surface area contributed by atoms with Gasteiger partial charge in [0.1, 0.15) is 11.9 Å². The molecule has 0 bridgehead atoms. The third kappa shape index (κ3) is 2.10. The van der Waals surface area contributed by atoms with Crippen LogP contribution in [0.3, 0.4) is 0 Å².